The second-order valence-electron chi connectivity index (χ2n) is 7.24. The van der Waals surface area contributed by atoms with Crippen molar-refractivity contribution in [3.63, 3.8) is 0 Å². The maximum atomic E-state index is 12.9. The number of Topliss-reactive ketones (excluding diaryl/α,β-unsaturated/α-hetero) is 1. The van der Waals surface area contributed by atoms with E-state index in [4.69, 9.17) is 9.47 Å². The van der Waals surface area contributed by atoms with E-state index in [9.17, 15) is 14.7 Å². The van der Waals surface area contributed by atoms with Gasteiger partial charge in [-0.05, 0) is 62.9 Å². The topological polar surface area (TPSA) is 76.1 Å². The molecule has 160 valence electrons. The van der Waals surface area contributed by atoms with Gasteiger partial charge in [0.25, 0.3) is 11.7 Å². The molecule has 1 aromatic heterocycles. The molecule has 1 fully saturated rings. The van der Waals surface area contributed by atoms with Gasteiger partial charge in [-0.2, -0.15) is 0 Å². The minimum Gasteiger partial charge on any atom is -0.507 e. The average Bonchev–Trinajstić information content (AvgIpc) is 3.33. The van der Waals surface area contributed by atoms with Gasteiger partial charge < -0.3 is 19.5 Å². The predicted octanol–water partition coefficient (Wildman–Crippen LogP) is 4.38. The van der Waals surface area contributed by atoms with Crippen molar-refractivity contribution < 1.29 is 24.2 Å². The summed E-state index contributed by atoms with van der Waals surface area (Å²) in [6, 6.07) is 10.0. The van der Waals surface area contributed by atoms with Crippen LogP contribution in [0.25, 0.3) is 5.76 Å². The van der Waals surface area contributed by atoms with E-state index >= 15 is 0 Å². The van der Waals surface area contributed by atoms with E-state index in [0.717, 1.165) is 4.88 Å². The van der Waals surface area contributed by atoms with Crippen LogP contribution >= 0.6 is 11.3 Å². The molecule has 1 amide bonds. The molecule has 1 N–H and O–H groups in total. The molecular formula is C23H27NO5S. The first-order valence-electron chi connectivity index (χ1n) is 10.1. The summed E-state index contributed by atoms with van der Waals surface area (Å²) in [5.41, 5.74) is 0.595. The molecule has 2 heterocycles. The summed E-state index contributed by atoms with van der Waals surface area (Å²) in [6.07, 6.45) is 0.712. The van der Waals surface area contributed by atoms with Gasteiger partial charge in [0.15, 0.2) is 0 Å². The Morgan fingerprint density at radius 1 is 1.20 bits per heavy atom. The Morgan fingerprint density at radius 2 is 1.93 bits per heavy atom. The van der Waals surface area contributed by atoms with Crippen LogP contribution in [-0.4, -0.2) is 47.6 Å². The first kappa shape index (κ1) is 22.1. The van der Waals surface area contributed by atoms with Crippen molar-refractivity contribution in [2.45, 2.75) is 39.3 Å². The molecule has 1 atom stereocenters. The lowest BCUT2D eigenvalue weighted by Crippen LogP contribution is -2.31. The molecule has 1 saturated heterocycles. The van der Waals surface area contributed by atoms with Gasteiger partial charge in [-0.25, -0.2) is 0 Å². The Kier molecular flexibility index (Phi) is 7.29. The first-order valence-corrected chi connectivity index (χ1v) is 11.0. The number of amides is 1. The fraction of sp³-hybridized carbons (Fsp3) is 0.391. The number of likely N-dealkylation sites (tertiary alicyclic amines) is 1. The third-order valence-electron chi connectivity index (χ3n) is 4.79. The molecule has 7 heteroatoms. The lowest BCUT2D eigenvalue weighted by molar-refractivity contribution is -0.140. The smallest absolute Gasteiger partial charge is 0.295 e. The highest BCUT2D eigenvalue weighted by atomic mass is 32.1. The Hall–Kier alpha value is -2.64. The zero-order chi connectivity index (χ0) is 21.7. The highest BCUT2D eigenvalue weighted by molar-refractivity contribution is 7.10. The molecule has 3 rings (SSSR count). The molecule has 1 aromatic carbocycles. The number of carbonyl (C=O) groups is 2. The van der Waals surface area contributed by atoms with Crippen LogP contribution in [-0.2, 0) is 14.3 Å². The van der Waals surface area contributed by atoms with E-state index in [-0.39, 0.29) is 17.4 Å². The molecule has 0 aliphatic carbocycles. The Labute approximate surface area is 180 Å². The van der Waals surface area contributed by atoms with Gasteiger partial charge >= 0.3 is 0 Å². The lowest BCUT2D eigenvalue weighted by atomic mass is 10.00. The summed E-state index contributed by atoms with van der Waals surface area (Å²) in [6.45, 7) is 7.21. The van der Waals surface area contributed by atoms with E-state index in [1.807, 2.05) is 38.3 Å². The van der Waals surface area contributed by atoms with E-state index in [0.29, 0.717) is 37.5 Å². The number of ketones is 1. The third-order valence-corrected chi connectivity index (χ3v) is 5.71. The molecule has 1 aliphatic rings. The average molecular weight is 430 g/mol. The summed E-state index contributed by atoms with van der Waals surface area (Å²) >= 11 is 1.45. The van der Waals surface area contributed by atoms with Crippen LogP contribution in [0.3, 0.4) is 0 Å². The van der Waals surface area contributed by atoms with Gasteiger partial charge in [0.2, 0.25) is 0 Å². The van der Waals surface area contributed by atoms with E-state index in [1.165, 1.54) is 16.2 Å². The first-order chi connectivity index (χ1) is 14.4. The Bertz CT molecular complexity index is 902. The fourth-order valence-corrected chi connectivity index (χ4v) is 4.28. The van der Waals surface area contributed by atoms with Gasteiger partial charge in [0.1, 0.15) is 11.5 Å². The number of hydrogen-bond acceptors (Lipinski definition) is 6. The van der Waals surface area contributed by atoms with Crippen molar-refractivity contribution in [3.8, 4) is 5.75 Å². The molecular weight excluding hydrogens is 402 g/mol. The van der Waals surface area contributed by atoms with Crippen LogP contribution in [0.15, 0.2) is 47.4 Å². The number of ether oxygens (including phenoxy) is 2. The second-order valence-corrected chi connectivity index (χ2v) is 8.22. The fourth-order valence-electron chi connectivity index (χ4n) is 3.44. The maximum absolute atomic E-state index is 12.9. The standard InChI is InChI=1S/C23H27NO5S/c1-4-28-17-10-8-16(9-11-17)21(25)19-20(18-7-5-14-30-18)24(23(27)22(19)26)12-6-13-29-15(2)3/h5,7-11,14-15,20,25H,4,6,12-13H2,1-3H3/b21-19-. The van der Waals surface area contributed by atoms with Gasteiger partial charge in [0, 0.05) is 23.6 Å². The van der Waals surface area contributed by atoms with Crippen molar-refractivity contribution in [2.75, 3.05) is 19.8 Å². The number of thiophene rings is 1. The van der Waals surface area contributed by atoms with E-state index < -0.39 is 17.7 Å². The molecule has 1 unspecified atom stereocenters. The zero-order valence-corrected chi connectivity index (χ0v) is 18.3. The summed E-state index contributed by atoms with van der Waals surface area (Å²) < 4.78 is 11.0. The lowest BCUT2D eigenvalue weighted by Gasteiger charge is -2.24. The monoisotopic (exact) mass is 429 g/mol. The zero-order valence-electron chi connectivity index (χ0n) is 17.5. The number of aliphatic hydroxyl groups is 1. The minimum atomic E-state index is -0.662. The molecule has 1 aliphatic heterocycles. The molecule has 6 nitrogen and oxygen atoms in total. The summed E-state index contributed by atoms with van der Waals surface area (Å²) in [5, 5.41) is 12.9. The molecule has 0 saturated carbocycles. The molecule has 30 heavy (non-hydrogen) atoms. The van der Waals surface area contributed by atoms with Gasteiger partial charge in [-0.15, -0.1) is 11.3 Å². The number of hydrogen-bond donors (Lipinski definition) is 1. The van der Waals surface area contributed by atoms with E-state index in [2.05, 4.69) is 0 Å². The normalized spacial score (nSPS) is 18.4. The Morgan fingerprint density at radius 3 is 2.53 bits per heavy atom. The van der Waals surface area contributed by atoms with Crippen LogP contribution in [0.1, 0.15) is 43.7 Å². The van der Waals surface area contributed by atoms with Crippen LogP contribution < -0.4 is 4.74 Å². The number of aliphatic hydroxyl groups excluding tert-OH is 1. The van der Waals surface area contributed by atoms with Crippen molar-refractivity contribution in [3.05, 3.63) is 57.8 Å². The Balaban J connectivity index is 1.94. The largest absolute Gasteiger partial charge is 0.507 e. The van der Waals surface area contributed by atoms with Gasteiger partial charge in [0.05, 0.1) is 24.3 Å². The molecule has 0 radical (unpaired) electrons. The molecule has 0 bridgehead atoms. The van der Waals surface area contributed by atoms with Crippen molar-refractivity contribution in [2.24, 2.45) is 0 Å². The predicted molar refractivity (Wildman–Crippen MR) is 117 cm³/mol. The maximum Gasteiger partial charge on any atom is 0.295 e. The number of benzene rings is 1. The van der Waals surface area contributed by atoms with Crippen LogP contribution in [0, 0.1) is 0 Å². The van der Waals surface area contributed by atoms with Crippen LogP contribution in [0.2, 0.25) is 0 Å². The van der Waals surface area contributed by atoms with E-state index in [1.54, 1.807) is 24.3 Å². The van der Waals surface area contributed by atoms with Crippen LogP contribution in [0.5, 0.6) is 5.75 Å². The molecule has 2 aromatic rings. The van der Waals surface area contributed by atoms with Gasteiger partial charge in [-0.1, -0.05) is 6.07 Å². The number of rotatable bonds is 9. The summed E-state index contributed by atoms with van der Waals surface area (Å²) in [7, 11) is 0. The summed E-state index contributed by atoms with van der Waals surface area (Å²) in [5.74, 6) is -0.750. The third kappa shape index (κ3) is 4.74. The highest BCUT2D eigenvalue weighted by Crippen LogP contribution is 2.41. The van der Waals surface area contributed by atoms with Crippen molar-refractivity contribution >= 4 is 28.8 Å². The minimum absolute atomic E-state index is 0.105. The molecule has 0 spiro atoms. The second kappa shape index (κ2) is 9.91. The highest BCUT2D eigenvalue weighted by Gasteiger charge is 2.46. The summed E-state index contributed by atoms with van der Waals surface area (Å²) in [4.78, 5) is 28.1. The SMILES string of the molecule is CCOc1ccc(/C(O)=C2/C(=O)C(=O)N(CCCOC(C)C)C2c2cccs2)cc1. The number of nitrogens with zero attached hydrogens (tertiary/aromatic N) is 1. The quantitative estimate of drug-likeness (QED) is 0.277. The van der Waals surface area contributed by atoms with Crippen LogP contribution in [0.4, 0.5) is 0 Å². The van der Waals surface area contributed by atoms with Crippen molar-refractivity contribution in [1.29, 1.82) is 0 Å². The number of carbonyl (C=O) groups excluding carboxylic acids is 2. The van der Waals surface area contributed by atoms with Crippen molar-refractivity contribution in [1.82, 2.24) is 4.90 Å². The van der Waals surface area contributed by atoms with Gasteiger partial charge in [-0.3, -0.25) is 9.59 Å².